The maximum absolute atomic E-state index is 13.9. The van der Waals surface area contributed by atoms with Crippen LogP contribution in [-0.2, 0) is 17.8 Å². The molecule has 1 aliphatic rings. The number of benzene rings is 1. The standard InChI is InChI=1S/C14H13F3N2O/c1-2-18-13-7-5-9(15)11(16)12(17)14(7)19-10-3-4-20-6-8(10)13/h5H,2-4,6H2,1H3,(H,18,19). The molecule has 1 aromatic heterocycles. The third-order valence-corrected chi connectivity index (χ3v) is 3.39. The molecule has 0 spiro atoms. The van der Waals surface area contributed by atoms with Gasteiger partial charge in [0.15, 0.2) is 17.5 Å². The number of hydrogen-bond donors (Lipinski definition) is 1. The largest absolute Gasteiger partial charge is 0.384 e. The lowest BCUT2D eigenvalue weighted by Gasteiger charge is -2.21. The molecule has 106 valence electrons. The summed E-state index contributed by atoms with van der Waals surface area (Å²) in [6.07, 6.45) is 0.530. The van der Waals surface area contributed by atoms with Crippen molar-refractivity contribution in [2.45, 2.75) is 20.0 Å². The zero-order valence-corrected chi connectivity index (χ0v) is 10.9. The van der Waals surface area contributed by atoms with Crippen LogP contribution in [-0.4, -0.2) is 18.1 Å². The van der Waals surface area contributed by atoms with Gasteiger partial charge in [-0.15, -0.1) is 0 Å². The highest BCUT2D eigenvalue weighted by atomic mass is 19.2. The van der Waals surface area contributed by atoms with Crippen LogP contribution in [0.3, 0.4) is 0 Å². The highest BCUT2D eigenvalue weighted by Crippen LogP contribution is 2.34. The summed E-state index contributed by atoms with van der Waals surface area (Å²) in [6, 6.07) is 0.980. The molecule has 0 aliphatic carbocycles. The SMILES string of the molecule is CCNc1c2c(nc3c(F)c(F)c(F)cc13)CCOC2. The Kier molecular flexibility index (Phi) is 3.25. The average molecular weight is 282 g/mol. The fourth-order valence-corrected chi connectivity index (χ4v) is 2.48. The van der Waals surface area contributed by atoms with E-state index in [1.165, 1.54) is 0 Å². The van der Waals surface area contributed by atoms with Gasteiger partial charge in [0, 0.05) is 23.9 Å². The summed E-state index contributed by atoms with van der Waals surface area (Å²) in [6.45, 7) is 3.27. The fraction of sp³-hybridized carbons (Fsp3) is 0.357. The quantitative estimate of drug-likeness (QED) is 0.859. The van der Waals surface area contributed by atoms with E-state index in [4.69, 9.17) is 4.74 Å². The van der Waals surface area contributed by atoms with E-state index in [-0.39, 0.29) is 10.9 Å². The van der Waals surface area contributed by atoms with Crippen LogP contribution in [0.2, 0.25) is 0 Å². The van der Waals surface area contributed by atoms with E-state index >= 15 is 0 Å². The first-order valence-electron chi connectivity index (χ1n) is 6.44. The fourth-order valence-electron chi connectivity index (χ4n) is 2.48. The van der Waals surface area contributed by atoms with Gasteiger partial charge in [-0.05, 0) is 13.0 Å². The average Bonchev–Trinajstić information content (AvgIpc) is 2.46. The second-order valence-electron chi connectivity index (χ2n) is 4.63. The molecule has 1 aliphatic heterocycles. The van der Waals surface area contributed by atoms with Crippen LogP contribution in [0.15, 0.2) is 6.07 Å². The Labute approximate surface area is 113 Å². The Balaban J connectivity index is 2.39. The van der Waals surface area contributed by atoms with Crippen molar-refractivity contribution in [2.75, 3.05) is 18.5 Å². The first kappa shape index (κ1) is 13.2. The predicted molar refractivity (Wildman–Crippen MR) is 69.1 cm³/mol. The monoisotopic (exact) mass is 282 g/mol. The van der Waals surface area contributed by atoms with E-state index in [9.17, 15) is 13.2 Å². The van der Waals surface area contributed by atoms with E-state index in [2.05, 4.69) is 10.3 Å². The molecule has 1 N–H and O–H groups in total. The van der Waals surface area contributed by atoms with E-state index < -0.39 is 17.5 Å². The molecule has 0 atom stereocenters. The third kappa shape index (κ3) is 1.91. The van der Waals surface area contributed by atoms with Gasteiger partial charge in [-0.2, -0.15) is 0 Å². The van der Waals surface area contributed by atoms with Crippen LogP contribution in [0.1, 0.15) is 18.2 Å². The van der Waals surface area contributed by atoms with E-state index in [0.717, 1.165) is 11.6 Å². The Hall–Kier alpha value is -1.82. The van der Waals surface area contributed by atoms with Crippen molar-refractivity contribution in [1.29, 1.82) is 0 Å². The summed E-state index contributed by atoms with van der Waals surface area (Å²) in [5.74, 6) is -3.94. The van der Waals surface area contributed by atoms with Gasteiger partial charge in [0.1, 0.15) is 5.52 Å². The molecular weight excluding hydrogens is 269 g/mol. The Morgan fingerprint density at radius 2 is 2.10 bits per heavy atom. The summed E-state index contributed by atoms with van der Waals surface area (Å²) < 4.78 is 46.1. The second-order valence-corrected chi connectivity index (χ2v) is 4.63. The van der Waals surface area contributed by atoms with E-state index in [1.54, 1.807) is 0 Å². The smallest absolute Gasteiger partial charge is 0.196 e. The molecule has 1 aromatic carbocycles. The van der Waals surface area contributed by atoms with Crippen LogP contribution in [0.4, 0.5) is 18.9 Å². The molecule has 0 fully saturated rings. The highest BCUT2D eigenvalue weighted by molar-refractivity contribution is 5.94. The number of pyridine rings is 1. The van der Waals surface area contributed by atoms with Crippen molar-refractivity contribution in [3.05, 3.63) is 34.8 Å². The van der Waals surface area contributed by atoms with Gasteiger partial charge < -0.3 is 10.1 Å². The number of halogens is 3. The van der Waals surface area contributed by atoms with E-state index in [0.29, 0.717) is 37.6 Å². The lowest BCUT2D eigenvalue weighted by atomic mass is 10.0. The summed E-state index contributed by atoms with van der Waals surface area (Å²) in [7, 11) is 0. The van der Waals surface area contributed by atoms with Gasteiger partial charge in [0.2, 0.25) is 0 Å². The van der Waals surface area contributed by atoms with Gasteiger partial charge in [0.25, 0.3) is 0 Å². The number of aromatic nitrogens is 1. The van der Waals surface area contributed by atoms with Crippen molar-refractivity contribution in [2.24, 2.45) is 0 Å². The summed E-state index contributed by atoms with van der Waals surface area (Å²) >= 11 is 0. The second kappa shape index (κ2) is 4.94. The molecule has 0 amide bonds. The van der Waals surface area contributed by atoms with Crippen molar-refractivity contribution in [1.82, 2.24) is 4.98 Å². The van der Waals surface area contributed by atoms with Crippen LogP contribution in [0.5, 0.6) is 0 Å². The maximum Gasteiger partial charge on any atom is 0.196 e. The first-order chi connectivity index (χ1) is 9.63. The predicted octanol–water partition coefficient (Wildman–Crippen LogP) is 3.16. The molecular formula is C14H13F3N2O. The Morgan fingerprint density at radius 1 is 1.30 bits per heavy atom. The van der Waals surface area contributed by atoms with Crippen molar-refractivity contribution < 1.29 is 17.9 Å². The summed E-state index contributed by atoms with van der Waals surface area (Å²) in [5.41, 5.74) is 1.89. The molecule has 2 aromatic rings. The minimum Gasteiger partial charge on any atom is -0.384 e. The molecule has 0 saturated carbocycles. The topological polar surface area (TPSA) is 34.2 Å². The summed E-state index contributed by atoms with van der Waals surface area (Å²) in [5, 5.41) is 3.32. The first-order valence-corrected chi connectivity index (χ1v) is 6.44. The maximum atomic E-state index is 13.9. The lowest BCUT2D eigenvalue weighted by Crippen LogP contribution is -2.16. The molecule has 6 heteroatoms. The van der Waals surface area contributed by atoms with Gasteiger partial charge >= 0.3 is 0 Å². The molecule has 0 unspecified atom stereocenters. The van der Waals surface area contributed by atoms with Crippen LogP contribution in [0.25, 0.3) is 10.9 Å². The third-order valence-electron chi connectivity index (χ3n) is 3.39. The highest BCUT2D eigenvalue weighted by Gasteiger charge is 2.23. The number of ether oxygens (including phenoxy) is 1. The zero-order valence-electron chi connectivity index (χ0n) is 10.9. The number of fused-ring (bicyclic) bond motifs is 2. The molecule has 0 radical (unpaired) electrons. The Bertz CT molecular complexity index is 688. The van der Waals surface area contributed by atoms with Gasteiger partial charge in [0.05, 0.1) is 24.6 Å². The van der Waals surface area contributed by atoms with E-state index in [1.807, 2.05) is 6.92 Å². The lowest BCUT2D eigenvalue weighted by molar-refractivity contribution is 0.110. The minimum atomic E-state index is -1.49. The van der Waals surface area contributed by atoms with Crippen LogP contribution >= 0.6 is 0 Å². The molecule has 0 bridgehead atoms. The van der Waals surface area contributed by atoms with Gasteiger partial charge in [-0.3, -0.25) is 0 Å². The number of anilines is 1. The van der Waals surface area contributed by atoms with Crippen LogP contribution in [0, 0.1) is 17.5 Å². The molecule has 20 heavy (non-hydrogen) atoms. The van der Waals surface area contributed by atoms with Crippen molar-refractivity contribution >= 4 is 16.6 Å². The van der Waals surface area contributed by atoms with Crippen molar-refractivity contribution in [3.63, 3.8) is 0 Å². The van der Waals surface area contributed by atoms with Crippen molar-refractivity contribution in [3.8, 4) is 0 Å². The number of hydrogen-bond acceptors (Lipinski definition) is 3. The number of rotatable bonds is 2. The normalized spacial score (nSPS) is 14.4. The summed E-state index contributed by atoms with van der Waals surface area (Å²) in [4.78, 5) is 4.16. The molecule has 0 saturated heterocycles. The minimum absolute atomic E-state index is 0.138. The number of nitrogens with zero attached hydrogens (tertiary/aromatic N) is 1. The van der Waals surface area contributed by atoms with Gasteiger partial charge in [-0.25, -0.2) is 18.2 Å². The molecule has 3 rings (SSSR count). The van der Waals surface area contributed by atoms with Crippen LogP contribution < -0.4 is 5.32 Å². The Morgan fingerprint density at radius 3 is 2.85 bits per heavy atom. The van der Waals surface area contributed by atoms with Gasteiger partial charge in [-0.1, -0.05) is 0 Å². The zero-order chi connectivity index (χ0) is 14.3. The molecule has 2 heterocycles. The number of nitrogens with one attached hydrogen (secondary N) is 1. The molecule has 3 nitrogen and oxygen atoms in total.